The maximum absolute atomic E-state index is 8.58. The summed E-state index contributed by atoms with van der Waals surface area (Å²) in [6, 6.07) is 7.67. The van der Waals surface area contributed by atoms with Gasteiger partial charge in [0.2, 0.25) is 0 Å². The van der Waals surface area contributed by atoms with Gasteiger partial charge < -0.3 is 19.6 Å². The molecule has 0 fully saturated rings. The summed E-state index contributed by atoms with van der Waals surface area (Å²) in [6.45, 7) is 3.74. The Kier molecular flexibility index (Phi) is 5.22. The Morgan fingerprint density at radius 1 is 1.37 bits per heavy atom. The molecule has 0 saturated carbocycles. The maximum Gasteiger partial charge on any atom is 0.134 e. The largest absolute Gasteiger partial charge is 0.459 e. The van der Waals surface area contributed by atoms with E-state index in [2.05, 4.69) is 5.32 Å². The van der Waals surface area contributed by atoms with E-state index in [0.29, 0.717) is 24.8 Å². The van der Waals surface area contributed by atoms with Gasteiger partial charge in [-0.05, 0) is 31.2 Å². The minimum Gasteiger partial charge on any atom is -0.459 e. The smallest absolute Gasteiger partial charge is 0.134 e. The summed E-state index contributed by atoms with van der Waals surface area (Å²) in [5.41, 5.74) is 0.838. The normalized spacial score (nSPS) is 13.0. The Hall–Kier alpha value is -1.07. The van der Waals surface area contributed by atoms with Crippen molar-refractivity contribution in [3.8, 4) is 0 Å². The van der Waals surface area contributed by atoms with Crippen LogP contribution in [0.3, 0.4) is 0 Å². The molecule has 0 aliphatic carbocycles. The van der Waals surface area contributed by atoms with Crippen LogP contribution in [-0.2, 0) is 4.74 Å². The number of hydrogen-bond donors (Lipinski definition) is 2. The molecule has 1 unspecified atom stereocenters. The van der Waals surface area contributed by atoms with E-state index >= 15 is 0 Å². The van der Waals surface area contributed by atoms with Gasteiger partial charge in [0.15, 0.2) is 0 Å². The van der Waals surface area contributed by atoms with Crippen LogP contribution in [0, 0.1) is 0 Å². The van der Waals surface area contributed by atoms with Crippen LogP contribution in [0.1, 0.15) is 18.7 Å². The van der Waals surface area contributed by atoms with Crippen molar-refractivity contribution in [2.45, 2.75) is 13.0 Å². The van der Waals surface area contributed by atoms with Crippen LogP contribution in [0.4, 0.5) is 0 Å². The number of benzene rings is 1. The third-order valence-electron chi connectivity index (χ3n) is 2.86. The molecule has 0 aliphatic rings. The molecule has 0 aliphatic heterocycles. The Bertz CT molecular complexity index is 526. The van der Waals surface area contributed by atoms with Gasteiger partial charge >= 0.3 is 0 Å². The van der Waals surface area contributed by atoms with Crippen molar-refractivity contribution >= 4 is 22.6 Å². The maximum atomic E-state index is 8.58. The van der Waals surface area contributed by atoms with E-state index in [-0.39, 0.29) is 12.6 Å². The average molecular weight is 284 g/mol. The Morgan fingerprint density at radius 3 is 3.00 bits per heavy atom. The molecule has 104 valence electrons. The lowest BCUT2D eigenvalue weighted by Gasteiger charge is -2.10. The highest BCUT2D eigenvalue weighted by atomic mass is 35.5. The zero-order chi connectivity index (χ0) is 13.7. The molecule has 0 amide bonds. The van der Waals surface area contributed by atoms with Crippen molar-refractivity contribution in [3.05, 3.63) is 35.0 Å². The van der Waals surface area contributed by atoms with Crippen molar-refractivity contribution in [1.29, 1.82) is 0 Å². The summed E-state index contributed by atoms with van der Waals surface area (Å²) in [5, 5.41) is 13.6. The molecule has 0 saturated heterocycles. The molecule has 2 N–H and O–H groups in total. The van der Waals surface area contributed by atoms with Crippen LogP contribution in [0.25, 0.3) is 11.0 Å². The number of fused-ring (bicyclic) bond motifs is 1. The number of furan rings is 1. The molecule has 2 aromatic rings. The first-order chi connectivity index (χ1) is 9.20. The highest BCUT2D eigenvalue weighted by Crippen LogP contribution is 2.26. The lowest BCUT2D eigenvalue weighted by molar-refractivity contribution is 0.0925. The first-order valence-electron chi connectivity index (χ1n) is 6.31. The Morgan fingerprint density at radius 2 is 2.21 bits per heavy atom. The number of rotatable bonds is 7. The van der Waals surface area contributed by atoms with Crippen LogP contribution >= 0.6 is 11.6 Å². The number of ether oxygens (including phenoxy) is 1. The van der Waals surface area contributed by atoms with Gasteiger partial charge in [-0.3, -0.25) is 0 Å². The fourth-order valence-electron chi connectivity index (χ4n) is 1.86. The highest BCUT2D eigenvalue weighted by molar-refractivity contribution is 6.31. The first kappa shape index (κ1) is 14.3. The summed E-state index contributed by atoms with van der Waals surface area (Å²) in [4.78, 5) is 0. The van der Waals surface area contributed by atoms with E-state index in [1.54, 1.807) is 0 Å². The van der Waals surface area contributed by atoms with Crippen LogP contribution in [0.15, 0.2) is 28.7 Å². The second kappa shape index (κ2) is 6.91. The predicted octanol–water partition coefficient (Wildman–Crippen LogP) is 2.75. The summed E-state index contributed by atoms with van der Waals surface area (Å²) in [7, 11) is 0. The Labute approximate surface area is 117 Å². The van der Waals surface area contributed by atoms with E-state index < -0.39 is 0 Å². The molecule has 1 aromatic heterocycles. The molecule has 2 rings (SSSR count). The van der Waals surface area contributed by atoms with E-state index in [9.17, 15) is 0 Å². The summed E-state index contributed by atoms with van der Waals surface area (Å²) >= 11 is 5.95. The van der Waals surface area contributed by atoms with Crippen molar-refractivity contribution < 1.29 is 14.3 Å². The lowest BCUT2D eigenvalue weighted by atomic mass is 10.2. The number of nitrogens with one attached hydrogen (secondary N) is 1. The number of aliphatic hydroxyl groups is 1. The first-order valence-corrected chi connectivity index (χ1v) is 6.69. The van der Waals surface area contributed by atoms with E-state index in [4.69, 9.17) is 25.9 Å². The zero-order valence-electron chi connectivity index (χ0n) is 10.9. The second-order valence-electron chi connectivity index (χ2n) is 4.34. The molecule has 4 nitrogen and oxygen atoms in total. The van der Waals surface area contributed by atoms with E-state index in [1.165, 1.54) is 0 Å². The van der Waals surface area contributed by atoms with Gasteiger partial charge in [0, 0.05) is 17.0 Å². The molecule has 0 spiro atoms. The van der Waals surface area contributed by atoms with Gasteiger partial charge in [-0.15, -0.1) is 0 Å². The molecular formula is C14H18ClNO3. The fourth-order valence-corrected chi connectivity index (χ4v) is 2.04. The third-order valence-corrected chi connectivity index (χ3v) is 3.09. The minimum absolute atomic E-state index is 0.0554. The average Bonchev–Trinajstić information content (AvgIpc) is 2.81. The molecule has 1 aromatic carbocycles. The summed E-state index contributed by atoms with van der Waals surface area (Å²) in [5.74, 6) is 0.874. The van der Waals surface area contributed by atoms with Crippen LogP contribution < -0.4 is 5.32 Å². The molecule has 5 heteroatoms. The molecule has 0 bridgehead atoms. The van der Waals surface area contributed by atoms with Gasteiger partial charge in [-0.2, -0.15) is 0 Å². The quantitative estimate of drug-likeness (QED) is 0.767. The van der Waals surface area contributed by atoms with Gasteiger partial charge in [0.1, 0.15) is 11.3 Å². The van der Waals surface area contributed by atoms with Crippen molar-refractivity contribution in [2.24, 2.45) is 0 Å². The van der Waals surface area contributed by atoms with Crippen LogP contribution in [-0.4, -0.2) is 31.5 Å². The van der Waals surface area contributed by atoms with Crippen molar-refractivity contribution in [1.82, 2.24) is 5.32 Å². The monoisotopic (exact) mass is 283 g/mol. The number of halogens is 1. The number of aliphatic hydroxyl groups excluding tert-OH is 1. The van der Waals surface area contributed by atoms with Crippen LogP contribution in [0.5, 0.6) is 0 Å². The van der Waals surface area contributed by atoms with Crippen molar-refractivity contribution in [3.63, 3.8) is 0 Å². The minimum atomic E-state index is 0.0554. The predicted molar refractivity (Wildman–Crippen MR) is 75.5 cm³/mol. The lowest BCUT2D eigenvalue weighted by Crippen LogP contribution is -2.23. The third kappa shape index (κ3) is 3.94. The molecule has 0 radical (unpaired) electrons. The molecule has 1 atom stereocenters. The molecular weight excluding hydrogens is 266 g/mol. The van der Waals surface area contributed by atoms with Gasteiger partial charge in [0.25, 0.3) is 0 Å². The Balaban J connectivity index is 1.91. The molecule has 1 heterocycles. The zero-order valence-corrected chi connectivity index (χ0v) is 11.6. The van der Waals surface area contributed by atoms with Crippen LogP contribution in [0.2, 0.25) is 5.02 Å². The topological polar surface area (TPSA) is 54.6 Å². The van der Waals surface area contributed by atoms with Gasteiger partial charge in [-0.1, -0.05) is 11.6 Å². The fraction of sp³-hybridized carbons (Fsp3) is 0.429. The van der Waals surface area contributed by atoms with Crippen molar-refractivity contribution in [2.75, 3.05) is 26.4 Å². The summed E-state index contributed by atoms with van der Waals surface area (Å²) < 4.78 is 10.9. The van der Waals surface area contributed by atoms with Gasteiger partial charge in [-0.25, -0.2) is 0 Å². The standard InChI is InChI=1S/C14H18ClNO3/c1-10(16-4-6-18-7-5-17)14-9-11-8-12(15)2-3-13(11)19-14/h2-3,8-10,16-17H,4-7H2,1H3. The van der Waals surface area contributed by atoms with Gasteiger partial charge in [0.05, 0.1) is 25.9 Å². The molecule has 19 heavy (non-hydrogen) atoms. The van der Waals surface area contributed by atoms with E-state index in [1.807, 2.05) is 31.2 Å². The SMILES string of the molecule is CC(NCCOCCO)c1cc2cc(Cl)ccc2o1. The summed E-state index contributed by atoms with van der Waals surface area (Å²) in [6.07, 6.45) is 0. The second-order valence-corrected chi connectivity index (χ2v) is 4.78. The highest BCUT2D eigenvalue weighted by Gasteiger charge is 2.11. The number of hydrogen-bond acceptors (Lipinski definition) is 4. The van der Waals surface area contributed by atoms with E-state index in [0.717, 1.165) is 16.7 Å².